The van der Waals surface area contributed by atoms with E-state index in [1.54, 1.807) is 0 Å². The Balaban J connectivity index is 1.93. The Morgan fingerprint density at radius 2 is 1.71 bits per heavy atom. The van der Waals surface area contributed by atoms with Crippen molar-refractivity contribution in [3.05, 3.63) is 0 Å². The second-order valence-electron chi connectivity index (χ2n) is 7.49. The lowest BCUT2D eigenvalue weighted by Crippen LogP contribution is -2.47. The highest BCUT2D eigenvalue weighted by atomic mass is 16.4. The first-order valence-electron chi connectivity index (χ1n) is 8.11. The van der Waals surface area contributed by atoms with Gasteiger partial charge in [-0.25, -0.2) is 4.79 Å². The van der Waals surface area contributed by atoms with Crippen LogP contribution in [0.25, 0.3) is 0 Å². The summed E-state index contributed by atoms with van der Waals surface area (Å²) in [6.07, 6.45) is 6.44. The normalized spacial score (nSPS) is 24.4. The molecule has 0 aromatic heterocycles. The Labute approximate surface area is 127 Å². The monoisotopic (exact) mass is 296 g/mol. The first-order chi connectivity index (χ1) is 9.85. The van der Waals surface area contributed by atoms with Gasteiger partial charge in [-0.15, -0.1) is 0 Å². The number of carboxylic acids is 1. The van der Waals surface area contributed by atoms with Gasteiger partial charge in [0.1, 0.15) is 0 Å². The zero-order valence-electron chi connectivity index (χ0n) is 13.3. The molecule has 5 nitrogen and oxygen atoms in total. The predicted molar refractivity (Wildman–Crippen MR) is 81.1 cm³/mol. The molecule has 1 saturated carbocycles. The average molecular weight is 296 g/mol. The summed E-state index contributed by atoms with van der Waals surface area (Å²) in [5.41, 5.74) is -0.592. The number of amides is 2. The second-order valence-corrected chi connectivity index (χ2v) is 7.49. The van der Waals surface area contributed by atoms with E-state index in [1.165, 1.54) is 0 Å². The quantitative estimate of drug-likeness (QED) is 0.787. The van der Waals surface area contributed by atoms with Gasteiger partial charge in [-0.3, -0.25) is 4.79 Å². The fraction of sp³-hybridized carbons (Fsp3) is 0.875. The van der Waals surface area contributed by atoms with E-state index in [4.69, 9.17) is 0 Å². The molecule has 1 aliphatic heterocycles. The summed E-state index contributed by atoms with van der Waals surface area (Å²) in [5, 5.41) is 12.5. The average Bonchev–Trinajstić information content (AvgIpc) is 2.64. The molecule has 0 atom stereocenters. The molecule has 1 aliphatic carbocycles. The highest BCUT2D eigenvalue weighted by molar-refractivity contribution is 5.78. The van der Waals surface area contributed by atoms with Crippen LogP contribution in [0.1, 0.15) is 58.8 Å². The minimum absolute atomic E-state index is 0.106. The Hall–Kier alpha value is -1.26. The van der Waals surface area contributed by atoms with Gasteiger partial charge in [0.15, 0.2) is 0 Å². The van der Waals surface area contributed by atoms with Gasteiger partial charge in [0.05, 0.1) is 5.41 Å². The third-order valence-electron chi connectivity index (χ3n) is 5.06. The molecule has 21 heavy (non-hydrogen) atoms. The number of rotatable bonds is 3. The van der Waals surface area contributed by atoms with Crippen molar-refractivity contribution in [2.75, 3.05) is 19.6 Å². The van der Waals surface area contributed by atoms with Crippen LogP contribution < -0.4 is 5.32 Å². The van der Waals surface area contributed by atoms with Crippen molar-refractivity contribution >= 4 is 12.0 Å². The molecule has 2 amide bonds. The van der Waals surface area contributed by atoms with E-state index in [0.29, 0.717) is 12.8 Å². The van der Waals surface area contributed by atoms with Crippen LogP contribution in [0.2, 0.25) is 0 Å². The van der Waals surface area contributed by atoms with Crippen molar-refractivity contribution < 1.29 is 14.7 Å². The number of hydrogen-bond donors (Lipinski definition) is 2. The number of urea groups is 1. The summed E-state index contributed by atoms with van der Waals surface area (Å²) in [6.45, 7) is 6.09. The number of carbonyl (C=O) groups is 2. The molecule has 1 saturated heterocycles. The van der Waals surface area contributed by atoms with Gasteiger partial charge in [-0.2, -0.15) is 0 Å². The van der Waals surface area contributed by atoms with Gasteiger partial charge < -0.3 is 15.3 Å². The van der Waals surface area contributed by atoms with Gasteiger partial charge >= 0.3 is 12.0 Å². The number of carboxylic acid groups (broad SMARTS) is 1. The fourth-order valence-corrected chi connectivity index (χ4v) is 3.51. The van der Waals surface area contributed by atoms with Crippen molar-refractivity contribution in [3.8, 4) is 0 Å². The Morgan fingerprint density at radius 1 is 1.10 bits per heavy atom. The molecule has 0 aromatic rings. The first kappa shape index (κ1) is 16.1. The van der Waals surface area contributed by atoms with Crippen LogP contribution in [0.15, 0.2) is 0 Å². The topological polar surface area (TPSA) is 69.6 Å². The second kappa shape index (κ2) is 6.24. The smallest absolute Gasteiger partial charge is 0.317 e. The molecule has 2 rings (SSSR count). The number of likely N-dealkylation sites (tertiary alicyclic amines) is 1. The zero-order valence-corrected chi connectivity index (χ0v) is 13.3. The molecule has 2 aliphatic rings. The Bertz CT molecular complexity index is 398. The van der Waals surface area contributed by atoms with Crippen molar-refractivity contribution in [1.29, 1.82) is 0 Å². The van der Waals surface area contributed by atoms with E-state index in [0.717, 1.165) is 45.2 Å². The van der Waals surface area contributed by atoms with E-state index in [2.05, 4.69) is 19.2 Å². The Kier molecular flexibility index (Phi) is 4.79. The number of nitrogens with one attached hydrogen (secondary N) is 1. The highest BCUT2D eigenvalue weighted by Crippen LogP contribution is 2.35. The van der Waals surface area contributed by atoms with Crippen molar-refractivity contribution in [2.45, 2.75) is 58.8 Å². The van der Waals surface area contributed by atoms with Gasteiger partial charge in [-0.1, -0.05) is 39.5 Å². The fourth-order valence-electron chi connectivity index (χ4n) is 3.51. The standard InChI is InChI=1S/C16H28N2O3/c1-15(2)9-10-18(12-15)14(21)17-11-16(13(19)20)7-5-3-4-6-8-16/h3-12H2,1-2H3,(H,17,21)(H,19,20). The van der Waals surface area contributed by atoms with Crippen molar-refractivity contribution in [3.63, 3.8) is 0 Å². The van der Waals surface area contributed by atoms with E-state index in [9.17, 15) is 14.7 Å². The van der Waals surface area contributed by atoms with E-state index in [1.807, 2.05) is 4.90 Å². The Morgan fingerprint density at radius 3 is 2.19 bits per heavy atom. The van der Waals surface area contributed by atoms with Gasteiger partial charge in [-0.05, 0) is 24.7 Å². The van der Waals surface area contributed by atoms with Crippen LogP contribution >= 0.6 is 0 Å². The van der Waals surface area contributed by atoms with Crippen LogP contribution in [-0.4, -0.2) is 41.6 Å². The number of hydrogen-bond acceptors (Lipinski definition) is 2. The van der Waals surface area contributed by atoms with Gasteiger partial charge in [0, 0.05) is 19.6 Å². The third kappa shape index (κ3) is 3.89. The van der Waals surface area contributed by atoms with Gasteiger partial charge in [0.2, 0.25) is 0 Å². The summed E-state index contributed by atoms with van der Waals surface area (Å²) in [6, 6.07) is -0.106. The minimum atomic E-state index is -0.762. The molecule has 1 heterocycles. The zero-order chi connectivity index (χ0) is 15.5. The summed E-state index contributed by atoms with van der Waals surface area (Å²) in [4.78, 5) is 25.8. The maximum absolute atomic E-state index is 12.2. The molecule has 2 fully saturated rings. The molecule has 2 N–H and O–H groups in total. The minimum Gasteiger partial charge on any atom is -0.481 e. The molecular formula is C16H28N2O3. The maximum Gasteiger partial charge on any atom is 0.317 e. The van der Waals surface area contributed by atoms with Gasteiger partial charge in [0.25, 0.3) is 0 Å². The van der Waals surface area contributed by atoms with E-state index >= 15 is 0 Å². The number of aliphatic carboxylic acids is 1. The van der Waals surface area contributed by atoms with Crippen LogP contribution in [-0.2, 0) is 4.79 Å². The van der Waals surface area contributed by atoms with Crippen LogP contribution in [0.5, 0.6) is 0 Å². The van der Waals surface area contributed by atoms with Crippen LogP contribution in [0.3, 0.4) is 0 Å². The van der Waals surface area contributed by atoms with Crippen molar-refractivity contribution in [1.82, 2.24) is 10.2 Å². The third-order valence-corrected chi connectivity index (χ3v) is 5.06. The number of nitrogens with zero attached hydrogens (tertiary/aromatic N) is 1. The lowest BCUT2D eigenvalue weighted by Gasteiger charge is -2.29. The van der Waals surface area contributed by atoms with Crippen molar-refractivity contribution in [2.24, 2.45) is 10.8 Å². The summed E-state index contributed by atoms with van der Waals surface area (Å²) in [7, 11) is 0. The largest absolute Gasteiger partial charge is 0.481 e. The lowest BCUT2D eigenvalue weighted by atomic mass is 9.80. The highest BCUT2D eigenvalue weighted by Gasteiger charge is 2.40. The number of carbonyl (C=O) groups excluding carboxylic acids is 1. The molecule has 120 valence electrons. The van der Waals surface area contributed by atoms with E-state index in [-0.39, 0.29) is 18.0 Å². The molecule has 0 aromatic carbocycles. The molecule has 0 bridgehead atoms. The molecule has 5 heteroatoms. The maximum atomic E-state index is 12.2. The molecule has 0 radical (unpaired) electrons. The summed E-state index contributed by atoms with van der Waals surface area (Å²) < 4.78 is 0. The molecular weight excluding hydrogens is 268 g/mol. The van der Waals surface area contributed by atoms with Crippen LogP contribution in [0.4, 0.5) is 4.79 Å². The molecule has 0 spiro atoms. The van der Waals surface area contributed by atoms with E-state index < -0.39 is 11.4 Å². The summed E-state index contributed by atoms with van der Waals surface area (Å²) in [5.74, 6) is -0.758. The van der Waals surface area contributed by atoms with Crippen LogP contribution in [0, 0.1) is 10.8 Å². The first-order valence-corrected chi connectivity index (χ1v) is 8.11. The molecule has 0 unspecified atom stereocenters. The summed E-state index contributed by atoms with van der Waals surface area (Å²) >= 11 is 0. The predicted octanol–water partition coefficient (Wildman–Crippen LogP) is 2.85. The lowest BCUT2D eigenvalue weighted by molar-refractivity contribution is -0.149. The SMILES string of the molecule is CC1(C)CCN(C(=O)NCC2(C(=O)O)CCCCCC2)C1.